The van der Waals surface area contributed by atoms with Crippen molar-refractivity contribution in [2.24, 2.45) is 5.92 Å². The van der Waals surface area contributed by atoms with Gasteiger partial charge < -0.3 is 15.0 Å². The Morgan fingerprint density at radius 2 is 2.12 bits per heavy atom. The van der Waals surface area contributed by atoms with Gasteiger partial charge >= 0.3 is 0 Å². The summed E-state index contributed by atoms with van der Waals surface area (Å²) < 4.78 is 5.22. The second-order valence-electron chi connectivity index (χ2n) is 5.58. The Morgan fingerprint density at radius 3 is 2.82 bits per heavy atom. The highest BCUT2D eigenvalue weighted by molar-refractivity contribution is 4.75. The lowest BCUT2D eigenvalue weighted by Gasteiger charge is -2.15. The largest absolute Gasteiger partial charge is 0.384 e. The van der Waals surface area contributed by atoms with Gasteiger partial charge in [0.25, 0.3) is 0 Å². The summed E-state index contributed by atoms with van der Waals surface area (Å²) in [6.45, 7) is 10.3. The van der Waals surface area contributed by atoms with Crippen LogP contribution in [0, 0.1) is 5.92 Å². The van der Waals surface area contributed by atoms with Gasteiger partial charge in [0.15, 0.2) is 0 Å². The van der Waals surface area contributed by atoms with Crippen LogP contribution in [0.5, 0.6) is 0 Å². The second kappa shape index (κ2) is 8.90. The van der Waals surface area contributed by atoms with Crippen LogP contribution >= 0.6 is 0 Å². The fourth-order valence-corrected chi connectivity index (χ4v) is 2.52. The van der Waals surface area contributed by atoms with Crippen LogP contribution in [0.4, 0.5) is 0 Å². The zero-order valence-corrected chi connectivity index (χ0v) is 11.9. The van der Waals surface area contributed by atoms with Crippen LogP contribution in [-0.4, -0.2) is 50.8 Å². The predicted octanol–water partition coefficient (Wildman–Crippen LogP) is 2.12. The van der Waals surface area contributed by atoms with E-state index < -0.39 is 0 Å². The van der Waals surface area contributed by atoms with Gasteiger partial charge in [0, 0.05) is 19.7 Å². The minimum Gasteiger partial charge on any atom is -0.384 e. The van der Waals surface area contributed by atoms with Crippen molar-refractivity contribution in [3.8, 4) is 0 Å². The van der Waals surface area contributed by atoms with Gasteiger partial charge in [0.2, 0.25) is 0 Å². The van der Waals surface area contributed by atoms with Crippen LogP contribution in [0.3, 0.4) is 0 Å². The Bertz CT molecular complexity index is 185. The van der Waals surface area contributed by atoms with Gasteiger partial charge in [-0.15, -0.1) is 0 Å². The molecule has 0 aromatic heterocycles. The number of hydrogen-bond donors (Lipinski definition) is 1. The normalized spacial score (nSPS) is 21.5. The topological polar surface area (TPSA) is 24.5 Å². The highest BCUT2D eigenvalue weighted by Gasteiger charge is 2.21. The Labute approximate surface area is 107 Å². The van der Waals surface area contributed by atoms with Crippen LogP contribution in [0.25, 0.3) is 0 Å². The van der Waals surface area contributed by atoms with Gasteiger partial charge in [-0.1, -0.05) is 20.3 Å². The molecule has 0 bridgehead atoms. The van der Waals surface area contributed by atoms with E-state index in [9.17, 15) is 0 Å². The summed E-state index contributed by atoms with van der Waals surface area (Å²) in [5.41, 5.74) is 0. The van der Waals surface area contributed by atoms with E-state index >= 15 is 0 Å². The number of hydrogen-bond acceptors (Lipinski definition) is 3. The third kappa shape index (κ3) is 7.02. The maximum atomic E-state index is 5.22. The Balaban J connectivity index is 1.90. The van der Waals surface area contributed by atoms with Gasteiger partial charge in [-0.25, -0.2) is 0 Å². The van der Waals surface area contributed by atoms with Crippen LogP contribution < -0.4 is 5.32 Å². The number of unbranched alkanes of at least 4 members (excludes halogenated alkanes) is 2. The fourth-order valence-electron chi connectivity index (χ4n) is 2.52. The van der Waals surface area contributed by atoms with Crippen LogP contribution in [0.15, 0.2) is 0 Å². The number of methoxy groups -OCH3 is 1. The van der Waals surface area contributed by atoms with E-state index in [1.54, 1.807) is 0 Å². The van der Waals surface area contributed by atoms with Crippen molar-refractivity contribution >= 4 is 0 Å². The van der Waals surface area contributed by atoms with Gasteiger partial charge in [0.05, 0.1) is 6.61 Å². The smallest absolute Gasteiger partial charge is 0.0503 e. The fraction of sp³-hybridized carbons (Fsp3) is 1.00. The summed E-state index contributed by atoms with van der Waals surface area (Å²) in [6, 6.07) is 0.628. The van der Waals surface area contributed by atoms with Gasteiger partial charge in [-0.05, 0) is 44.8 Å². The third-order valence-corrected chi connectivity index (χ3v) is 3.48. The Morgan fingerprint density at radius 1 is 1.29 bits per heavy atom. The molecule has 1 fully saturated rings. The molecule has 1 aliphatic rings. The molecular formula is C14H30N2O. The van der Waals surface area contributed by atoms with E-state index in [0.29, 0.717) is 6.04 Å². The summed E-state index contributed by atoms with van der Waals surface area (Å²) in [6.07, 6.45) is 5.33. The number of rotatable bonds is 9. The molecule has 3 nitrogen and oxygen atoms in total. The van der Waals surface area contributed by atoms with E-state index in [1.807, 2.05) is 7.11 Å². The molecule has 102 valence electrons. The summed E-state index contributed by atoms with van der Waals surface area (Å²) in [7, 11) is 1.81. The lowest BCUT2D eigenvalue weighted by atomic mass is 10.1. The molecule has 0 radical (unpaired) electrons. The lowest BCUT2D eigenvalue weighted by Crippen LogP contribution is -2.25. The number of nitrogens with one attached hydrogen (secondary N) is 1. The van der Waals surface area contributed by atoms with Crippen LogP contribution in [0.2, 0.25) is 0 Å². The lowest BCUT2D eigenvalue weighted by molar-refractivity contribution is 0.153. The zero-order valence-electron chi connectivity index (χ0n) is 11.9. The second-order valence-corrected chi connectivity index (χ2v) is 5.58. The minimum absolute atomic E-state index is 0.628. The first kappa shape index (κ1) is 14.9. The van der Waals surface area contributed by atoms with E-state index in [2.05, 4.69) is 24.1 Å². The molecule has 3 heteroatoms. The van der Waals surface area contributed by atoms with Crippen molar-refractivity contribution in [2.45, 2.75) is 45.6 Å². The average molecular weight is 242 g/mol. The predicted molar refractivity (Wildman–Crippen MR) is 73.4 cm³/mol. The quantitative estimate of drug-likeness (QED) is 0.627. The standard InChI is InChI=1S/C14H30N2O/c1-13(2)15-8-5-4-6-9-16-10-7-14(11-16)12-17-3/h13-15H,4-12H2,1-3H3. The molecule has 17 heavy (non-hydrogen) atoms. The van der Waals surface area contributed by atoms with E-state index in [0.717, 1.165) is 12.5 Å². The van der Waals surface area contributed by atoms with E-state index in [-0.39, 0.29) is 0 Å². The van der Waals surface area contributed by atoms with Crippen molar-refractivity contribution in [3.05, 3.63) is 0 Å². The molecule has 0 amide bonds. The molecular weight excluding hydrogens is 212 g/mol. The highest BCUT2D eigenvalue weighted by Crippen LogP contribution is 2.16. The van der Waals surface area contributed by atoms with Crippen molar-refractivity contribution in [1.82, 2.24) is 10.2 Å². The minimum atomic E-state index is 0.628. The third-order valence-electron chi connectivity index (χ3n) is 3.48. The number of nitrogens with zero attached hydrogens (tertiary/aromatic N) is 1. The first-order valence-electron chi connectivity index (χ1n) is 7.17. The zero-order chi connectivity index (χ0) is 12.5. The first-order chi connectivity index (χ1) is 8.22. The van der Waals surface area contributed by atoms with Crippen molar-refractivity contribution < 1.29 is 4.74 Å². The number of likely N-dealkylation sites (tertiary alicyclic amines) is 1. The van der Waals surface area contributed by atoms with Gasteiger partial charge in [-0.2, -0.15) is 0 Å². The molecule has 0 aliphatic carbocycles. The Kier molecular flexibility index (Phi) is 7.82. The SMILES string of the molecule is COCC1CCN(CCCCCNC(C)C)C1. The summed E-state index contributed by atoms with van der Waals surface area (Å²) in [5, 5.41) is 3.47. The monoisotopic (exact) mass is 242 g/mol. The van der Waals surface area contributed by atoms with E-state index in [1.165, 1.54) is 51.9 Å². The highest BCUT2D eigenvalue weighted by atomic mass is 16.5. The summed E-state index contributed by atoms with van der Waals surface area (Å²) in [5.74, 6) is 0.780. The molecule has 1 aliphatic heterocycles. The summed E-state index contributed by atoms with van der Waals surface area (Å²) >= 11 is 0. The molecule has 1 atom stereocenters. The molecule has 1 N–H and O–H groups in total. The molecule has 0 aromatic rings. The van der Waals surface area contributed by atoms with E-state index in [4.69, 9.17) is 4.74 Å². The van der Waals surface area contributed by atoms with Crippen LogP contribution in [0.1, 0.15) is 39.5 Å². The van der Waals surface area contributed by atoms with Crippen molar-refractivity contribution in [1.29, 1.82) is 0 Å². The molecule has 0 aromatic carbocycles. The van der Waals surface area contributed by atoms with Gasteiger partial charge in [-0.3, -0.25) is 0 Å². The molecule has 1 rings (SSSR count). The molecule has 1 saturated heterocycles. The van der Waals surface area contributed by atoms with Crippen molar-refractivity contribution in [3.63, 3.8) is 0 Å². The van der Waals surface area contributed by atoms with Gasteiger partial charge in [0.1, 0.15) is 0 Å². The molecule has 1 unspecified atom stereocenters. The number of ether oxygens (including phenoxy) is 1. The van der Waals surface area contributed by atoms with Crippen molar-refractivity contribution in [2.75, 3.05) is 39.9 Å². The Hall–Kier alpha value is -0.120. The summed E-state index contributed by atoms with van der Waals surface area (Å²) in [4.78, 5) is 2.60. The molecule has 1 heterocycles. The average Bonchev–Trinajstić information content (AvgIpc) is 2.71. The van der Waals surface area contributed by atoms with Crippen LogP contribution in [-0.2, 0) is 4.74 Å². The maximum Gasteiger partial charge on any atom is 0.0503 e. The first-order valence-corrected chi connectivity index (χ1v) is 7.17. The molecule has 0 saturated carbocycles. The maximum absolute atomic E-state index is 5.22. The molecule has 0 spiro atoms.